The first-order valence-corrected chi connectivity index (χ1v) is 9.03. The van der Waals surface area contributed by atoms with Gasteiger partial charge in [0, 0.05) is 5.69 Å². The number of phenolic OH excluding ortho intramolecular Hbond substituents is 1. The number of hydrogen-bond acceptors (Lipinski definition) is 6. The summed E-state index contributed by atoms with van der Waals surface area (Å²) in [5.41, 5.74) is 2.59. The van der Waals surface area contributed by atoms with Crippen molar-refractivity contribution >= 4 is 28.1 Å². The summed E-state index contributed by atoms with van der Waals surface area (Å²) in [5.74, 6) is 0.279. The fraction of sp³-hybridized carbons (Fsp3) is 0.190. The van der Waals surface area contributed by atoms with Gasteiger partial charge in [-0.15, -0.1) is 0 Å². The first-order valence-electron chi connectivity index (χ1n) is 9.03. The van der Waals surface area contributed by atoms with Gasteiger partial charge in [-0.25, -0.2) is 4.98 Å². The molecule has 0 aliphatic heterocycles. The lowest BCUT2D eigenvalue weighted by atomic mass is 9.95. The van der Waals surface area contributed by atoms with E-state index in [0.29, 0.717) is 5.69 Å². The van der Waals surface area contributed by atoms with E-state index in [1.165, 1.54) is 0 Å². The number of benzene rings is 2. The van der Waals surface area contributed by atoms with Crippen LogP contribution in [0, 0.1) is 5.92 Å². The lowest BCUT2D eigenvalue weighted by Crippen LogP contribution is -2.38. The average Bonchev–Trinajstić information content (AvgIpc) is 3.14. The number of aromatic amines is 1. The molecular formula is C21H20N4O3. The number of rotatable bonds is 6. The van der Waals surface area contributed by atoms with E-state index in [-0.39, 0.29) is 29.1 Å². The Morgan fingerprint density at radius 3 is 2.57 bits per heavy atom. The van der Waals surface area contributed by atoms with Crippen molar-refractivity contribution in [2.75, 3.05) is 10.6 Å². The Hall–Kier alpha value is -3.61. The molecule has 0 radical (unpaired) electrons. The summed E-state index contributed by atoms with van der Waals surface area (Å²) >= 11 is 0. The molecule has 3 aromatic carbocycles. The Balaban J connectivity index is 1.64. The Labute approximate surface area is 160 Å². The summed E-state index contributed by atoms with van der Waals surface area (Å²) in [4.78, 5) is 31.6. The Kier molecular flexibility index (Phi) is 4.35. The number of imidazole rings is 1. The Morgan fingerprint density at radius 1 is 1.04 bits per heavy atom. The molecule has 0 saturated carbocycles. The molecule has 4 N–H and O–H groups in total. The van der Waals surface area contributed by atoms with Gasteiger partial charge in [-0.3, -0.25) is 9.59 Å². The van der Waals surface area contributed by atoms with E-state index in [2.05, 4.69) is 20.6 Å². The highest BCUT2D eigenvalue weighted by molar-refractivity contribution is 5.84. The Morgan fingerprint density at radius 2 is 1.82 bits per heavy atom. The van der Waals surface area contributed by atoms with Crippen molar-refractivity contribution in [3.63, 3.8) is 0 Å². The quantitative estimate of drug-likeness (QED) is 0.384. The van der Waals surface area contributed by atoms with E-state index < -0.39 is 10.9 Å². The standard InChI is InChI=1S/C21H20N4O3/c1-11(2)17(12-4-3-5-14(26)8-12)25-19-18(20(27)21(19)28)24-13-6-7-15-16(9-13)23-10-22-15/h3-11,17,24-26H,1-2H3,(H,22,23)/t17-/m1/s1. The van der Waals surface area contributed by atoms with Gasteiger partial charge in [-0.1, -0.05) is 26.0 Å². The molecule has 0 aliphatic carbocycles. The lowest BCUT2D eigenvalue weighted by molar-refractivity contribution is 0.471. The van der Waals surface area contributed by atoms with Gasteiger partial charge in [0.05, 0.1) is 23.4 Å². The zero-order valence-electron chi connectivity index (χ0n) is 15.5. The number of phenols is 1. The minimum absolute atomic E-state index is 0.125. The van der Waals surface area contributed by atoms with E-state index in [9.17, 15) is 14.7 Å². The number of anilines is 3. The molecule has 4 aromatic rings. The molecule has 0 aliphatic rings. The van der Waals surface area contributed by atoms with Crippen LogP contribution in [0.2, 0.25) is 0 Å². The van der Waals surface area contributed by atoms with Crippen molar-refractivity contribution in [3.05, 3.63) is 74.8 Å². The highest BCUT2D eigenvalue weighted by Gasteiger charge is 2.26. The maximum absolute atomic E-state index is 12.2. The number of aromatic nitrogens is 2. The monoisotopic (exact) mass is 376 g/mol. The van der Waals surface area contributed by atoms with Gasteiger partial charge in [-0.2, -0.15) is 0 Å². The van der Waals surface area contributed by atoms with Crippen LogP contribution in [0.4, 0.5) is 17.1 Å². The van der Waals surface area contributed by atoms with Gasteiger partial charge >= 0.3 is 0 Å². The minimum atomic E-state index is -0.550. The maximum atomic E-state index is 12.2. The largest absolute Gasteiger partial charge is 0.508 e. The van der Waals surface area contributed by atoms with Crippen molar-refractivity contribution in [1.82, 2.24) is 9.97 Å². The number of aromatic hydroxyl groups is 1. The van der Waals surface area contributed by atoms with Crippen LogP contribution in [0.1, 0.15) is 25.5 Å². The zero-order valence-corrected chi connectivity index (χ0v) is 15.5. The van der Waals surface area contributed by atoms with Crippen LogP contribution in [-0.2, 0) is 0 Å². The number of hydrogen-bond donors (Lipinski definition) is 4. The van der Waals surface area contributed by atoms with Crippen LogP contribution in [0.25, 0.3) is 11.0 Å². The predicted octanol–water partition coefficient (Wildman–Crippen LogP) is 3.42. The molecule has 1 atom stereocenters. The molecule has 0 fully saturated rings. The second kappa shape index (κ2) is 6.84. The predicted molar refractivity (Wildman–Crippen MR) is 110 cm³/mol. The van der Waals surface area contributed by atoms with Crippen LogP contribution < -0.4 is 21.5 Å². The maximum Gasteiger partial charge on any atom is 0.253 e. The van der Waals surface area contributed by atoms with Gasteiger partial charge in [0.1, 0.15) is 17.1 Å². The normalized spacial score (nSPS) is 12.5. The molecule has 7 nitrogen and oxygen atoms in total. The van der Waals surface area contributed by atoms with Crippen molar-refractivity contribution in [2.45, 2.75) is 19.9 Å². The number of fused-ring (bicyclic) bond motifs is 1. The second-order valence-electron chi connectivity index (χ2n) is 7.13. The molecular weight excluding hydrogens is 356 g/mol. The van der Waals surface area contributed by atoms with E-state index in [1.54, 1.807) is 30.6 Å². The molecule has 0 bridgehead atoms. The highest BCUT2D eigenvalue weighted by atomic mass is 16.3. The van der Waals surface area contributed by atoms with E-state index >= 15 is 0 Å². The van der Waals surface area contributed by atoms with Crippen molar-refractivity contribution in [3.8, 4) is 5.75 Å². The van der Waals surface area contributed by atoms with E-state index in [1.807, 2.05) is 32.0 Å². The first kappa shape index (κ1) is 17.8. The molecule has 7 heteroatoms. The summed E-state index contributed by atoms with van der Waals surface area (Å²) in [5, 5.41) is 16.0. The van der Waals surface area contributed by atoms with E-state index in [0.717, 1.165) is 16.6 Å². The van der Waals surface area contributed by atoms with Gasteiger partial charge in [-0.05, 0) is 41.8 Å². The van der Waals surface area contributed by atoms with Crippen LogP contribution in [0.15, 0.2) is 58.4 Å². The fourth-order valence-corrected chi connectivity index (χ4v) is 3.31. The SMILES string of the molecule is CC(C)[C@@H](Nc1c(Nc2ccc3nc[nH]c3c2)c(=O)c1=O)c1cccc(O)c1. The average molecular weight is 376 g/mol. The van der Waals surface area contributed by atoms with Gasteiger partial charge in [0.15, 0.2) is 0 Å². The highest BCUT2D eigenvalue weighted by Crippen LogP contribution is 2.31. The molecule has 4 rings (SSSR count). The number of H-pyrrole nitrogens is 1. The molecule has 28 heavy (non-hydrogen) atoms. The minimum Gasteiger partial charge on any atom is -0.508 e. The number of nitrogens with zero attached hydrogens (tertiary/aromatic N) is 1. The van der Waals surface area contributed by atoms with Gasteiger partial charge in [0.25, 0.3) is 10.9 Å². The smallest absolute Gasteiger partial charge is 0.253 e. The van der Waals surface area contributed by atoms with Gasteiger partial charge < -0.3 is 20.7 Å². The first-order chi connectivity index (χ1) is 13.4. The zero-order chi connectivity index (χ0) is 19.8. The van der Waals surface area contributed by atoms with Crippen LogP contribution in [0.5, 0.6) is 5.75 Å². The topological polar surface area (TPSA) is 107 Å². The van der Waals surface area contributed by atoms with Crippen LogP contribution in [-0.4, -0.2) is 15.1 Å². The van der Waals surface area contributed by atoms with Crippen molar-refractivity contribution in [1.29, 1.82) is 0 Å². The lowest BCUT2D eigenvalue weighted by Gasteiger charge is -2.26. The summed E-state index contributed by atoms with van der Waals surface area (Å²) in [6.07, 6.45) is 1.60. The molecule has 0 unspecified atom stereocenters. The molecule has 142 valence electrons. The third-order valence-corrected chi connectivity index (χ3v) is 4.80. The Bertz CT molecular complexity index is 1220. The van der Waals surface area contributed by atoms with Gasteiger partial charge in [0.2, 0.25) is 0 Å². The number of nitrogens with one attached hydrogen (secondary N) is 3. The van der Waals surface area contributed by atoms with Crippen LogP contribution >= 0.6 is 0 Å². The molecule has 0 spiro atoms. The second-order valence-corrected chi connectivity index (χ2v) is 7.13. The molecule has 0 saturated heterocycles. The molecule has 1 aromatic heterocycles. The van der Waals surface area contributed by atoms with Crippen molar-refractivity contribution < 1.29 is 5.11 Å². The fourth-order valence-electron chi connectivity index (χ4n) is 3.31. The summed E-state index contributed by atoms with van der Waals surface area (Å²) in [7, 11) is 0. The third-order valence-electron chi connectivity index (χ3n) is 4.80. The third kappa shape index (κ3) is 3.11. The summed E-state index contributed by atoms with van der Waals surface area (Å²) in [6.45, 7) is 4.01. The summed E-state index contributed by atoms with van der Waals surface area (Å²) < 4.78 is 0. The summed E-state index contributed by atoms with van der Waals surface area (Å²) in [6, 6.07) is 12.1. The van der Waals surface area contributed by atoms with E-state index in [4.69, 9.17) is 0 Å². The van der Waals surface area contributed by atoms with Crippen LogP contribution in [0.3, 0.4) is 0 Å². The molecule has 1 heterocycles. The van der Waals surface area contributed by atoms with Crippen molar-refractivity contribution in [2.24, 2.45) is 5.92 Å². The molecule has 0 amide bonds.